The van der Waals surface area contributed by atoms with E-state index in [0.717, 1.165) is 13.0 Å². The molecule has 0 fully saturated rings. The zero-order chi connectivity index (χ0) is 16.0. The van der Waals surface area contributed by atoms with Gasteiger partial charge in [-0.25, -0.2) is 0 Å². The van der Waals surface area contributed by atoms with Crippen LogP contribution in [0.5, 0.6) is 5.75 Å². The second-order valence-corrected chi connectivity index (χ2v) is 5.57. The molecule has 0 bridgehead atoms. The highest BCUT2D eigenvalue weighted by atomic mass is 16.5. The molecule has 1 aromatic rings. The number of hydrogen-bond acceptors (Lipinski definition) is 4. The zero-order valence-electron chi connectivity index (χ0n) is 13.6. The van der Waals surface area contributed by atoms with Crippen LogP contribution < -0.4 is 15.8 Å². The van der Waals surface area contributed by atoms with Crippen molar-refractivity contribution in [2.24, 2.45) is 5.92 Å². The Morgan fingerprint density at radius 2 is 2.10 bits per heavy atom. The maximum absolute atomic E-state index is 12.3. The van der Waals surface area contributed by atoms with Gasteiger partial charge in [0.2, 0.25) is 5.91 Å². The van der Waals surface area contributed by atoms with Gasteiger partial charge < -0.3 is 15.8 Å². The number of nitrogens with zero attached hydrogens (tertiary/aromatic N) is 1. The van der Waals surface area contributed by atoms with Crippen LogP contribution in [0.3, 0.4) is 0 Å². The molecule has 0 aliphatic rings. The average Bonchev–Trinajstić information content (AvgIpc) is 2.47. The summed E-state index contributed by atoms with van der Waals surface area (Å²) >= 11 is 0. The van der Waals surface area contributed by atoms with Crippen LogP contribution in [0.15, 0.2) is 18.2 Å². The first-order chi connectivity index (χ1) is 9.88. The smallest absolute Gasteiger partial charge is 0.241 e. The van der Waals surface area contributed by atoms with Crippen LogP contribution in [-0.4, -0.2) is 37.6 Å². The summed E-state index contributed by atoms with van der Waals surface area (Å²) in [5, 5.41) is 2.87. The predicted octanol–water partition coefficient (Wildman–Crippen LogP) is 2.58. The van der Waals surface area contributed by atoms with E-state index in [0.29, 0.717) is 23.0 Å². The molecule has 21 heavy (non-hydrogen) atoms. The standard InChI is InChI=1S/C16H27N3O2/c1-6-11(2)10-19(4)12(3)16(20)18-15-8-7-13(21-5)9-14(15)17/h7-9,11-12H,6,10,17H2,1-5H3,(H,18,20). The molecule has 118 valence electrons. The highest BCUT2D eigenvalue weighted by molar-refractivity contribution is 5.97. The molecule has 0 radical (unpaired) electrons. The third-order valence-corrected chi connectivity index (χ3v) is 3.85. The van der Waals surface area contributed by atoms with Crippen LogP contribution in [0.2, 0.25) is 0 Å². The van der Waals surface area contributed by atoms with Crippen molar-refractivity contribution >= 4 is 17.3 Å². The molecule has 5 nitrogen and oxygen atoms in total. The quantitative estimate of drug-likeness (QED) is 0.758. The molecule has 0 spiro atoms. The number of nitrogens with two attached hydrogens (primary N) is 1. The lowest BCUT2D eigenvalue weighted by atomic mass is 10.1. The molecule has 0 saturated carbocycles. The molecule has 0 aliphatic carbocycles. The summed E-state index contributed by atoms with van der Waals surface area (Å²) in [6.07, 6.45) is 1.10. The third kappa shape index (κ3) is 4.93. The Labute approximate surface area is 127 Å². The largest absolute Gasteiger partial charge is 0.497 e. The van der Waals surface area contributed by atoms with Crippen LogP contribution in [0.1, 0.15) is 27.2 Å². The summed E-state index contributed by atoms with van der Waals surface area (Å²) in [6, 6.07) is 5.02. The fourth-order valence-electron chi connectivity index (χ4n) is 2.00. The molecule has 0 saturated heterocycles. The predicted molar refractivity (Wildman–Crippen MR) is 87.6 cm³/mol. The van der Waals surface area contributed by atoms with Crippen LogP contribution in [-0.2, 0) is 4.79 Å². The van der Waals surface area contributed by atoms with Crippen molar-refractivity contribution in [3.05, 3.63) is 18.2 Å². The molecule has 1 rings (SSSR count). The van der Waals surface area contributed by atoms with Gasteiger partial charge in [0.1, 0.15) is 5.75 Å². The first-order valence-electron chi connectivity index (χ1n) is 7.33. The summed E-state index contributed by atoms with van der Waals surface area (Å²) in [5.74, 6) is 1.18. The second-order valence-electron chi connectivity index (χ2n) is 5.57. The fourth-order valence-corrected chi connectivity index (χ4v) is 2.00. The minimum atomic E-state index is -0.208. The second kappa shape index (κ2) is 7.88. The van der Waals surface area contributed by atoms with E-state index in [2.05, 4.69) is 24.1 Å². The third-order valence-electron chi connectivity index (χ3n) is 3.85. The van der Waals surface area contributed by atoms with Gasteiger partial charge in [-0.1, -0.05) is 20.3 Å². The number of carbonyl (C=O) groups is 1. The summed E-state index contributed by atoms with van der Waals surface area (Å²) < 4.78 is 5.10. The lowest BCUT2D eigenvalue weighted by molar-refractivity contribution is -0.120. The van der Waals surface area contributed by atoms with Gasteiger partial charge in [0.05, 0.1) is 24.5 Å². The van der Waals surface area contributed by atoms with Gasteiger partial charge >= 0.3 is 0 Å². The van der Waals surface area contributed by atoms with Gasteiger partial charge in [-0.2, -0.15) is 0 Å². The van der Waals surface area contributed by atoms with Gasteiger partial charge in [-0.3, -0.25) is 9.69 Å². The van der Waals surface area contributed by atoms with Crippen molar-refractivity contribution in [1.29, 1.82) is 0 Å². The van der Waals surface area contributed by atoms with E-state index in [9.17, 15) is 4.79 Å². The molecule has 3 N–H and O–H groups in total. The van der Waals surface area contributed by atoms with Crippen molar-refractivity contribution in [1.82, 2.24) is 4.90 Å². The van der Waals surface area contributed by atoms with Crippen molar-refractivity contribution in [2.75, 3.05) is 31.8 Å². The first-order valence-corrected chi connectivity index (χ1v) is 7.33. The number of hydrogen-bond donors (Lipinski definition) is 2. The van der Waals surface area contributed by atoms with E-state index < -0.39 is 0 Å². The number of anilines is 2. The Hall–Kier alpha value is -1.75. The number of carbonyl (C=O) groups excluding carboxylic acids is 1. The number of rotatable bonds is 7. The van der Waals surface area contributed by atoms with Gasteiger partial charge in [-0.15, -0.1) is 0 Å². The van der Waals surface area contributed by atoms with Crippen LogP contribution in [0, 0.1) is 5.92 Å². The van der Waals surface area contributed by atoms with Crippen LogP contribution in [0.4, 0.5) is 11.4 Å². The fraction of sp³-hybridized carbons (Fsp3) is 0.562. The maximum Gasteiger partial charge on any atom is 0.241 e. The Kier molecular flexibility index (Phi) is 6.49. The molecule has 5 heteroatoms. The summed E-state index contributed by atoms with van der Waals surface area (Å²) in [6.45, 7) is 7.13. The summed E-state index contributed by atoms with van der Waals surface area (Å²) in [5.41, 5.74) is 7.03. The molecule has 0 heterocycles. The van der Waals surface area contributed by atoms with Gasteiger partial charge in [0.15, 0.2) is 0 Å². The molecule has 1 amide bonds. The SMILES string of the molecule is CCC(C)CN(C)C(C)C(=O)Nc1ccc(OC)cc1N. The number of likely N-dealkylation sites (N-methyl/N-ethyl adjacent to an activating group) is 1. The Bertz CT molecular complexity index is 477. The molecule has 2 unspecified atom stereocenters. The normalized spacial score (nSPS) is 13.8. The van der Waals surface area contributed by atoms with E-state index in [-0.39, 0.29) is 11.9 Å². The average molecular weight is 293 g/mol. The van der Waals surface area contributed by atoms with E-state index >= 15 is 0 Å². The molecular weight excluding hydrogens is 266 g/mol. The first kappa shape index (κ1) is 17.3. The Morgan fingerprint density at radius 1 is 1.43 bits per heavy atom. The highest BCUT2D eigenvalue weighted by Crippen LogP contribution is 2.24. The summed E-state index contributed by atoms with van der Waals surface area (Å²) in [4.78, 5) is 14.3. The number of nitrogens with one attached hydrogen (secondary N) is 1. The van der Waals surface area contributed by atoms with E-state index in [1.54, 1.807) is 25.3 Å². The summed E-state index contributed by atoms with van der Waals surface area (Å²) in [7, 11) is 3.55. The number of amides is 1. The minimum absolute atomic E-state index is 0.0577. The van der Waals surface area contributed by atoms with Gasteiger partial charge in [0.25, 0.3) is 0 Å². The zero-order valence-corrected chi connectivity index (χ0v) is 13.6. The highest BCUT2D eigenvalue weighted by Gasteiger charge is 2.20. The number of nitrogen functional groups attached to an aromatic ring is 1. The molecule has 0 aliphatic heterocycles. The topological polar surface area (TPSA) is 67.6 Å². The number of benzene rings is 1. The lowest BCUT2D eigenvalue weighted by Crippen LogP contribution is -2.41. The molecular formula is C16H27N3O2. The van der Waals surface area contributed by atoms with E-state index in [4.69, 9.17) is 10.5 Å². The molecule has 0 aromatic heterocycles. The van der Waals surface area contributed by atoms with E-state index in [1.165, 1.54) is 0 Å². The van der Waals surface area contributed by atoms with Crippen LogP contribution >= 0.6 is 0 Å². The Morgan fingerprint density at radius 3 is 2.62 bits per heavy atom. The monoisotopic (exact) mass is 293 g/mol. The molecule has 2 atom stereocenters. The minimum Gasteiger partial charge on any atom is -0.497 e. The van der Waals surface area contributed by atoms with Gasteiger partial charge in [-0.05, 0) is 32.0 Å². The van der Waals surface area contributed by atoms with Crippen LogP contribution in [0.25, 0.3) is 0 Å². The Balaban J connectivity index is 2.67. The van der Waals surface area contributed by atoms with Gasteiger partial charge in [0, 0.05) is 12.6 Å². The van der Waals surface area contributed by atoms with Crippen molar-refractivity contribution in [3.8, 4) is 5.75 Å². The molecule has 1 aromatic carbocycles. The van der Waals surface area contributed by atoms with E-state index in [1.807, 2.05) is 14.0 Å². The van der Waals surface area contributed by atoms with Crippen molar-refractivity contribution in [2.45, 2.75) is 33.2 Å². The maximum atomic E-state index is 12.3. The number of methoxy groups -OCH3 is 1. The van der Waals surface area contributed by atoms with Crippen molar-refractivity contribution < 1.29 is 9.53 Å². The number of ether oxygens (including phenoxy) is 1. The van der Waals surface area contributed by atoms with Crippen molar-refractivity contribution in [3.63, 3.8) is 0 Å². The lowest BCUT2D eigenvalue weighted by Gasteiger charge is -2.26.